The Bertz CT molecular complexity index is 782. The highest BCUT2D eigenvalue weighted by molar-refractivity contribution is 7.99. The van der Waals surface area contributed by atoms with Gasteiger partial charge in [-0.1, -0.05) is 23.9 Å². The van der Waals surface area contributed by atoms with Gasteiger partial charge in [0.25, 0.3) is 0 Å². The van der Waals surface area contributed by atoms with E-state index in [1.165, 1.54) is 16.7 Å². The topological polar surface area (TPSA) is 57.5 Å². The van der Waals surface area contributed by atoms with Crippen molar-refractivity contribution in [3.05, 3.63) is 58.1 Å². The molecule has 0 spiro atoms. The number of fused-ring (bicyclic) bond motifs is 4. The largest absolute Gasteiger partial charge is 0.478 e. The second kappa shape index (κ2) is 5.14. The third-order valence-electron chi connectivity index (χ3n) is 4.60. The summed E-state index contributed by atoms with van der Waals surface area (Å²) in [6.07, 6.45) is 3.21. The minimum Gasteiger partial charge on any atom is -0.478 e. The summed E-state index contributed by atoms with van der Waals surface area (Å²) in [5.74, 6) is -0.891. The van der Waals surface area contributed by atoms with Gasteiger partial charge in [0.15, 0.2) is 0 Å². The second-order valence-electron chi connectivity index (χ2n) is 5.90. The number of hydrogen-bond donors (Lipinski definition) is 2. The monoisotopic (exact) mass is 312 g/mol. The number of carbonyl (C=O) groups is 1. The highest BCUT2D eigenvalue weighted by Crippen LogP contribution is 2.44. The summed E-state index contributed by atoms with van der Waals surface area (Å²) in [5.41, 5.74) is 5.16. The first kappa shape index (κ1) is 13.9. The molecule has 22 heavy (non-hydrogen) atoms. The van der Waals surface area contributed by atoms with Crippen molar-refractivity contribution in [1.82, 2.24) is 0 Å². The molecule has 1 unspecified atom stereocenters. The fraction of sp³-hybridized carbons (Fsp3) is 0.278. The van der Waals surface area contributed by atoms with E-state index in [0.29, 0.717) is 5.56 Å². The predicted octanol–water partition coefficient (Wildman–Crippen LogP) is 3.61. The van der Waals surface area contributed by atoms with E-state index in [-0.39, 0.29) is 6.10 Å². The van der Waals surface area contributed by atoms with Crippen molar-refractivity contribution in [2.75, 3.05) is 0 Å². The lowest BCUT2D eigenvalue weighted by molar-refractivity contribution is 0.0696. The van der Waals surface area contributed by atoms with Crippen LogP contribution in [0.4, 0.5) is 0 Å². The Kier molecular flexibility index (Phi) is 3.24. The van der Waals surface area contributed by atoms with Crippen LogP contribution in [0.5, 0.6) is 0 Å². The number of hydrogen-bond acceptors (Lipinski definition) is 3. The number of benzene rings is 2. The van der Waals surface area contributed by atoms with E-state index in [9.17, 15) is 15.0 Å². The smallest absolute Gasteiger partial charge is 0.335 e. The molecule has 1 heterocycles. The molecule has 2 aromatic rings. The molecule has 1 aliphatic heterocycles. The standard InChI is InChI=1S/C18H16O3S/c19-14-7-4-11-5-8-15-13(17(11)14)6-3-10-1-2-12(18(20)21)9-16(10)22-15/h1-2,5,8-9,14,19H,3-4,6-7H2,(H,20,21). The van der Waals surface area contributed by atoms with Crippen molar-refractivity contribution in [3.8, 4) is 0 Å². The molecule has 0 saturated carbocycles. The van der Waals surface area contributed by atoms with Crippen LogP contribution in [0, 0.1) is 0 Å². The van der Waals surface area contributed by atoms with Crippen LogP contribution in [-0.4, -0.2) is 16.2 Å². The van der Waals surface area contributed by atoms with Crippen molar-refractivity contribution in [3.63, 3.8) is 0 Å². The molecule has 2 N–H and O–H groups in total. The number of aryl methyl sites for hydroxylation is 2. The fourth-order valence-corrected chi connectivity index (χ4v) is 4.68. The minimum atomic E-state index is -0.891. The van der Waals surface area contributed by atoms with Crippen LogP contribution in [0.15, 0.2) is 40.1 Å². The van der Waals surface area contributed by atoms with Crippen molar-refractivity contribution in [2.24, 2.45) is 0 Å². The number of rotatable bonds is 1. The quantitative estimate of drug-likeness (QED) is 0.844. The molecule has 0 amide bonds. The average molecular weight is 312 g/mol. The Hall–Kier alpha value is -1.78. The first-order valence-corrected chi connectivity index (χ1v) is 8.32. The minimum absolute atomic E-state index is 0.330. The molecule has 0 saturated heterocycles. The van der Waals surface area contributed by atoms with Gasteiger partial charge in [0, 0.05) is 9.79 Å². The number of carboxylic acids is 1. The lowest BCUT2D eigenvalue weighted by Crippen LogP contribution is -2.01. The van der Waals surface area contributed by atoms with Gasteiger partial charge >= 0.3 is 5.97 Å². The van der Waals surface area contributed by atoms with E-state index >= 15 is 0 Å². The average Bonchev–Trinajstić information content (AvgIpc) is 2.78. The zero-order valence-electron chi connectivity index (χ0n) is 12.0. The van der Waals surface area contributed by atoms with E-state index in [1.807, 2.05) is 6.07 Å². The van der Waals surface area contributed by atoms with Gasteiger partial charge in [-0.25, -0.2) is 4.79 Å². The zero-order valence-corrected chi connectivity index (χ0v) is 12.8. The van der Waals surface area contributed by atoms with Crippen LogP contribution in [0.2, 0.25) is 0 Å². The van der Waals surface area contributed by atoms with E-state index in [1.54, 1.807) is 23.9 Å². The number of carboxylic acid groups (broad SMARTS) is 1. The van der Waals surface area contributed by atoms with Crippen molar-refractivity contribution in [2.45, 2.75) is 41.6 Å². The molecule has 112 valence electrons. The van der Waals surface area contributed by atoms with E-state index in [2.05, 4.69) is 12.1 Å². The number of aliphatic hydroxyl groups excluding tert-OH is 1. The number of aliphatic hydroxyl groups is 1. The van der Waals surface area contributed by atoms with Crippen LogP contribution < -0.4 is 0 Å². The maximum Gasteiger partial charge on any atom is 0.335 e. The van der Waals surface area contributed by atoms with Gasteiger partial charge in [-0.05, 0) is 66.1 Å². The second-order valence-corrected chi connectivity index (χ2v) is 6.98. The zero-order chi connectivity index (χ0) is 15.3. The maximum atomic E-state index is 11.2. The molecule has 4 rings (SSSR count). The summed E-state index contributed by atoms with van der Waals surface area (Å²) in [6, 6.07) is 9.61. The van der Waals surface area contributed by atoms with Crippen LogP contribution in [0.1, 0.15) is 45.1 Å². The molecule has 4 heteroatoms. The van der Waals surface area contributed by atoms with Crippen LogP contribution in [0.25, 0.3) is 0 Å². The molecule has 1 atom stereocenters. The molecule has 2 aromatic carbocycles. The Morgan fingerprint density at radius 1 is 1.05 bits per heavy atom. The SMILES string of the molecule is O=C(O)c1ccc2c(c1)Sc1ccc3c(c1CC2)C(O)CC3. The highest BCUT2D eigenvalue weighted by atomic mass is 32.2. The third kappa shape index (κ3) is 2.14. The van der Waals surface area contributed by atoms with Gasteiger partial charge in [-0.3, -0.25) is 0 Å². The molecular weight excluding hydrogens is 296 g/mol. The first-order chi connectivity index (χ1) is 10.6. The van der Waals surface area contributed by atoms with Gasteiger partial charge in [-0.2, -0.15) is 0 Å². The van der Waals surface area contributed by atoms with Gasteiger partial charge in [0.2, 0.25) is 0 Å². The highest BCUT2D eigenvalue weighted by Gasteiger charge is 2.27. The van der Waals surface area contributed by atoms with Crippen LogP contribution in [-0.2, 0) is 19.3 Å². The predicted molar refractivity (Wildman–Crippen MR) is 84.7 cm³/mol. The Labute approximate surface area is 133 Å². The Morgan fingerprint density at radius 3 is 2.68 bits per heavy atom. The summed E-state index contributed by atoms with van der Waals surface area (Å²) in [6.45, 7) is 0. The Morgan fingerprint density at radius 2 is 1.86 bits per heavy atom. The van der Waals surface area contributed by atoms with Gasteiger partial charge in [0.1, 0.15) is 0 Å². The first-order valence-electron chi connectivity index (χ1n) is 7.50. The summed E-state index contributed by atoms with van der Waals surface area (Å²) in [5, 5.41) is 19.4. The fourth-order valence-electron chi connectivity index (χ4n) is 3.48. The molecule has 3 nitrogen and oxygen atoms in total. The summed E-state index contributed by atoms with van der Waals surface area (Å²) in [7, 11) is 0. The van der Waals surface area contributed by atoms with Gasteiger partial charge < -0.3 is 10.2 Å². The normalized spacial score (nSPS) is 19.0. The van der Waals surface area contributed by atoms with E-state index in [0.717, 1.165) is 41.0 Å². The molecule has 0 radical (unpaired) electrons. The van der Waals surface area contributed by atoms with E-state index in [4.69, 9.17) is 0 Å². The lowest BCUT2D eigenvalue weighted by Gasteiger charge is -2.14. The van der Waals surface area contributed by atoms with Crippen molar-refractivity contribution >= 4 is 17.7 Å². The van der Waals surface area contributed by atoms with Crippen LogP contribution in [0.3, 0.4) is 0 Å². The van der Waals surface area contributed by atoms with Crippen molar-refractivity contribution in [1.29, 1.82) is 0 Å². The Balaban J connectivity index is 1.81. The molecule has 0 aromatic heterocycles. The summed E-state index contributed by atoms with van der Waals surface area (Å²) < 4.78 is 0. The summed E-state index contributed by atoms with van der Waals surface area (Å²) in [4.78, 5) is 13.3. The van der Waals surface area contributed by atoms with Crippen LogP contribution >= 0.6 is 11.8 Å². The molecule has 2 aliphatic rings. The van der Waals surface area contributed by atoms with Crippen molar-refractivity contribution < 1.29 is 15.0 Å². The molecule has 0 fully saturated rings. The maximum absolute atomic E-state index is 11.2. The lowest BCUT2D eigenvalue weighted by atomic mass is 9.96. The van der Waals surface area contributed by atoms with E-state index < -0.39 is 5.97 Å². The molecule has 0 bridgehead atoms. The molecular formula is C18H16O3S. The molecule has 1 aliphatic carbocycles. The van der Waals surface area contributed by atoms with Gasteiger partial charge in [-0.15, -0.1) is 0 Å². The third-order valence-corrected chi connectivity index (χ3v) is 5.81. The summed E-state index contributed by atoms with van der Waals surface area (Å²) >= 11 is 1.63. The number of aromatic carboxylic acids is 1. The van der Waals surface area contributed by atoms with Gasteiger partial charge in [0.05, 0.1) is 11.7 Å².